The molecule has 8 heteroatoms. The fourth-order valence-electron chi connectivity index (χ4n) is 3.59. The largest absolute Gasteiger partial charge is 0.506 e. The molecule has 158 valence electrons. The summed E-state index contributed by atoms with van der Waals surface area (Å²) in [4.78, 5) is 27.0. The predicted octanol–water partition coefficient (Wildman–Crippen LogP) is 2.60. The summed E-state index contributed by atoms with van der Waals surface area (Å²) in [6, 6.07) is 15.5. The number of aryl methyl sites for hydroxylation is 1. The van der Waals surface area contributed by atoms with Crippen molar-refractivity contribution in [2.45, 2.75) is 12.8 Å². The Morgan fingerprint density at radius 2 is 1.74 bits per heavy atom. The molecule has 0 fully saturated rings. The van der Waals surface area contributed by atoms with E-state index in [-0.39, 0.29) is 34.1 Å². The first-order chi connectivity index (χ1) is 14.8. The van der Waals surface area contributed by atoms with Gasteiger partial charge in [0.25, 0.3) is 0 Å². The molecular weight excluding hydrogens is 398 g/mol. The molecule has 8 nitrogen and oxygen atoms in total. The molecule has 0 radical (unpaired) electrons. The highest BCUT2D eigenvalue weighted by molar-refractivity contribution is 6.06. The Morgan fingerprint density at radius 3 is 2.29 bits per heavy atom. The number of phenolic OH excluding ortho intramolecular Hbond substituents is 1. The van der Waals surface area contributed by atoms with Crippen molar-refractivity contribution in [3.8, 4) is 11.8 Å². The summed E-state index contributed by atoms with van der Waals surface area (Å²) >= 11 is 0. The highest BCUT2D eigenvalue weighted by Gasteiger charge is 2.43. The van der Waals surface area contributed by atoms with E-state index >= 15 is 0 Å². The number of allylic oxidation sites excluding steroid dienone is 1. The number of rotatable bonds is 4. The minimum Gasteiger partial charge on any atom is -0.506 e. The van der Waals surface area contributed by atoms with E-state index in [1.54, 1.807) is 43.3 Å². The number of carbonyl (C=O) groups is 2. The number of anilines is 1. The number of hydrogen-bond donors (Lipinski definition) is 2. The van der Waals surface area contributed by atoms with Crippen molar-refractivity contribution in [1.29, 1.82) is 5.26 Å². The van der Waals surface area contributed by atoms with E-state index in [9.17, 15) is 20.0 Å². The summed E-state index contributed by atoms with van der Waals surface area (Å²) in [5, 5.41) is 20.5. The van der Waals surface area contributed by atoms with Gasteiger partial charge in [0.1, 0.15) is 17.3 Å². The second kappa shape index (κ2) is 8.63. The molecule has 0 saturated heterocycles. The molecule has 1 atom stereocenters. The van der Waals surface area contributed by atoms with Crippen molar-refractivity contribution in [1.82, 2.24) is 0 Å². The van der Waals surface area contributed by atoms with Crippen LogP contribution in [0.3, 0.4) is 0 Å². The Bertz CT molecular complexity index is 1150. The molecule has 3 N–H and O–H groups in total. The molecule has 0 saturated carbocycles. The SMILES string of the molecule is COC(=O)C1=C(C(=O)OC)N(c2ccc(C)cc2O)C(N)=C(C#N)C1c1ccccc1. The van der Waals surface area contributed by atoms with Gasteiger partial charge in [0.15, 0.2) is 0 Å². The number of nitrogens with zero attached hydrogens (tertiary/aromatic N) is 2. The molecule has 31 heavy (non-hydrogen) atoms. The standard InChI is InChI=1S/C23H21N3O5/c1-13-9-10-16(17(27)11-13)26-20(23(29)31-3)19(22(28)30-2)18(15(12-24)21(26)25)14-7-5-4-6-8-14/h4-11,18,27H,25H2,1-3H3. The summed E-state index contributed by atoms with van der Waals surface area (Å²) < 4.78 is 9.90. The van der Waals surface area contributed by atoms with Crippen LogP contribution in [0.15, 0.2) is 71.2 Å². The molecule has 1 aliphatic rings. The lowest BCUT2D eigenvalue weighted by molar-refractivity contribution is -0.139. The Balaban J connectivity index is 2.43. The van der Waals surface area contributed by atoms with Crippen molar-refractivity contribution in [3.63, 3.8) is 0 Å². The Morgan fingerprint density at radius 1 is 1.10 bits per heavy atom. The molecule has 0 spiro atoms. The minimum atomic E-state index is -0.961. The van der Waals surface area contributed by atoms with Gasteiger partial charge in [-0.25, -0.2) is 9.59 Å². The normalized spacial score (nSPS) is 16.1. The van der Waals surface area contributed by atoms with Crippen LogP contribution in [0.4, 0.5) is 5.69 Å². The van der Waals surface area contributed by atoms with Crippen molar-refractivity contribution in [2.24, 2.45) is 5.73 Å². The third-order valence-corrected chi connectivity index (χ3v) is 4.98. The monoisotopic (exact) mass is 419 g/mol. The highest BCUT2D eigenvalue weighted by Crippen LogP contribution is 2.45. The van der Waals surface area contributed by atoms with E-state index in [1.165, 1.54) is 19.2 Å². The summed E-state index contributed by atoms with van der Waals surface area (Å²) in [5.41, 5.74) is 7.48. The number of benzene rings is 2. The molecule has 0 amide bonds. The van der Waals surface area contributed by atoms with Crippen molar-refractivity contribution < 1.29 is 24.2 Å². The Labute approximate surface area is 179 Å². The van der Waals surface area contributed by atoms with E-state index in [4.69, 9.17) is 15.2 Å². The average molecular weight is 419 g/mol. The van der Waals surface area contributed by atoms with Gasteiger partial charge in [0.2, 0.25) is 0 Å². The number of methoxy groups -OCH3 is 2. The van der Waals surface area contributed by atoms with Gasteiger partial charge in [-0.1, -0.05) is 36.4 Å². The molecule has 1 heterocycles. The third kappa shape index (κ3) is 3.69. The molecule has 0 aliphatic carbocycles. The van der Waals surface area contributed by atoms with Crippen LogP contribution >= 0.6 is 0 Å². The fourth-order valence-corrected chi connectivity index (χ4v) is 3.59. The summed E-state index contributed by atoms with van der Waals surface area (Å²) in [7, 11) is 2.34. The zero-order valence-electron chi connectivity index (χ0n) is 17.2. The van der Waals surface area contributed by atoms with Gasteiger partial charge in [-0.2, -0.15) is 5.26 Å². The molecule has 1 unspecified atom stereocenters. The van der Waals surface area contributed by atoms with Crippen LogP contribution in [-0.4, -0.2) is 31.3 Å². The van der Waals surface area contributed by atoms with Gasteiger partial charge < -0.3 is 20.3 Å². The maximum absolute atomic E-state index is 12.9. The fraction of sp³-hybridized carbons (Fsp3) is 0.174. The number of esters is 2. The van der Waals surface area contributed by atoms with Crippen molar-refractivity contribution in [3.05, 3.63) is 82.3 Å². The molecule has 3 rings (SSSR count). The number of ether oxygens (including phenoxy) is 2. The van der Waals surface area contributed by atoms with Gasteiger partial charge in [0.05, 0.1) is 43.0 Å². The van der Waals surface area contributed by atoms with Gasteiger partial charge in [-0.05, 0) is 30.2 Å². The molecule has 2 aromatic rings. The second-order valence-electron chi connectivity index (χ2n) is 6.83. The molecular formula is C23H21N3O5. The lowest BCUT2D eigenvalue weighted by Gasteiger charge is -2.36. The first-order valence-electron chi connectivity index (χ1n) is 9.30. The first kappa shape index (κ1) is 21.5. The number of nitriles is 1. The topological polar surface area (TPSA) is 126 Å². The van der Waals surface area contributed by atoms with Crippen LogP contribution in [0.1, 0.15) is 17.0 Å². The maximum atomic E-state index is 12.9. The highest BCUT2D eigenvalue weighted by atomic mass is 16.5. The number of hydrogen-bond acceptors (Lipinski definition) is 8. The third-order valence-electron chi connectivity index (χ3n) is 4.98. The van der Waals surface area contributed by atoms with Crippen LogP contribution in [-0.2, 0) is 19.1 Å². The van der Waals surface area contributed by atoms with Crippen LogP contribution in [0.5, 0.6) is 5.75 Å². The van der Waals surface area contributed by atoms with Gasteiger partial charge >= 0.3 is 11.9 Å². The number of phenols is 1. The van der Waals surface area contributed by atoms with E-state index in [0.717, 1.165) is 17.6 Å². The van der Waals surface area contributed by atoms with Crippen LogP contribution in [0, 0.1) is 18.3 Å². The molecule has 1 aliphatic heterocycles. The summed E-state index contributed by atoms with van der Waals surface area (Å²) in [6.45, 7) is 1.78. The average Bonchev–Trinajstić information content (AvgIpc) is 2.78. The van der Waals surface area contributed by atoms with Crippen molar-refractivity contribution >= 4 is 17.6 Å². The zero-order chi connectivity index (χ0) is 22.7. The van der Waals surface area contributed by atoms with Gasteiger partial charge in [0, 0.05) is 0 Å². The number of nitrogens with two attached hydrogens (primary N) is 1. The van der Waals surface area contributed by atoms with E-state index in [2.05, 4.69) is 6.07 Å². The lowest BCUT2D eigenvalue weighted by Crippen LogP contribution is -2.40. The van der Waals surface area contributed by atoms with Crippen LogP contribution < -0.4 is 10.6 Å². The molecule has 0 bridgehead atoms. The van der Waals surface area contributed by atoms with Gasteiger partial charge in [-0.3, -0.25) is 4.90 Å². The Kier molecular flexibility index (Phi) is 5.97. The van der Waals surface area contributed by atoms with Crippen LogP contribution in [0.25, 0.3) is 0 Å². The second-order valence-corrected chi connectivity index (χ2v) is 6.83. The molecule has 0 aromatic heterocycles. The maximum Gasteiger partial charge on any atom is 0.355 e. The number of aromatic hydroxyl groups is 1. The zero-order valence-corrected chi connectivity index (χ0v) is 17.2. The summed E-state index contributed by atoms with van der Waals surface area (Å²) in [6.07, 6.45) is 0. The van der Waals surface area contributed by atoms with E-state index < -0.39 is 17.9 Å². The number of carbonyl (C=O) groups excluding carboxylic acids is 2. The van der Waals surface area contributed by atoms with Gasteiger partial charge in [-0.15, -0.1) is 0 Å². The first-order valence-corrected chi connectivity index (χ1v) is 9.30. The Hall–Kier alpha value is -4.25. The predicted molar refractivity (Wildman–Crippen MR) is 112 cm³/mol. The minimum absolute atomic E-state index is 0.0271. The molecule has 2 aromatic carbocycles. The summed E-state index contributed by atoms with van der Waals surface area (Å²) in [5.74, 6) is -2.96. The van der Waals surface area contributed by atoms with Crippen LogP contribution in [0.2, 0.25) is 0 Å². The van der Waals surface area contributed by atoms with Crippen molar-refractivity contribution in [2.75, 3.05) is 19.1 Å². The van der Waals surface area contributed by atoms with E-state index in [0.29, 0.717) is 5.56 Å². The lowest BCUT2D eigenvalue weighted by atomic mass is 9.81. The smallest absolute Gasteiger partial charge is 0.355 e. The quantitative estimate of drug-likeness (QED) is 0.724. The van der Waals surface area contributed by atoms with E-state index in [1.807, 2.05) is 0 Å².